The Morgan fingerprint density at radius 2 is 1.93 bits per heavy atom. The van der Waals surface area contributed by atoms with Crippen LogP contribution in [0.2, 0.25) is 0 Å². The second-order valence-corrected chi connectivity index (χ2v) is 7.92. The lowest BCUT2D eigenvalue weighted by Gasteiger charge is -2.31. The van der Waals surface area contributed by atoms with Gasteiger partial charge in [-0.3, -0.25) is 0 Å². The van der Waals surface area contributed by atoms with E-state index in [2.05, 4.69) is 11.8 Å². The summed E-state index contributed by atoms with van der Waals surface area (Å²) in [7, 11) is 0. The molecule has 27 heavy (non-hydrogen) atoms. The number of carbonyl (C=O) groups is 1. The van der Waals surface area contributed by atoms with Crippen LogP contribution in [0.3, 0.4) is 0 Å². The van der Waals surface area contributed by atoms with E-state index in [9.17, 15) is 9.90 Å². The van der Waals surface area contributed by atoms with E-state index in [4.69, 9.17) is 9.47 Å². The summed E-state index contributed by atoms with van der Waals surface area (Å²) in [6, 6.07) is 9.89. The van der Waals surface area contributed by atoms with Crippen molar-refractivity contribution >= 4 is 6.09 Å². The number of piperidine rings is 1. The third-order valence-electron chi connectivity index (χ3n) is 4.21. The van der Waals surface area contributed by atoms with Crippen LogP contribution in [0.5, 0.6) is 0 Å². The van der Waals surface area contributed by atoms with Crippen molar-refractivity contribution in [2.45, 2.75) is 58.3 Å². The van der Waals surface area contributed by atoms with E-state index in [0.717, 1.165) is 18.4 Å². The average molecular weight is 373 g/mol. The molecule has 1 amide bonds. The van der Waals surface area contributed by atoms with Crippen molar-refractivity contribution in [1.82, 2.24) is 4.90 Å². The van der Waals surface area contributed by atoms with Crippen LogP contribution in [0, 0.1) is 17.8 Å². The summed E-state index contributed by atoms with van der Waals surface area (Å²) in [5.41, 5.74) is 0.624. The van der Waals surface area contributed by atoms with Gasteiger partial charge in [-0.1, -0.05) is 36.3 Å². The standard InChI is InChI=1S/C22H31NO4/c1-22(2,3)27-21(25)23-14-12-18(13-15-23)10-7-11-20(24)17-26-16-19-8-5-4-6-9-19/h4-6,8-9,18,20,24H,11-17H2,1-3H3/t20-/m1/s1. The molecule has 1 aromatic rings. The minimum absolute atomic E-state index is 0.250. The second kappa shape index (κ2) is 10.3. The van der Waals surface area contributed by atoms with Gasteiger partial charge in [0.05, 0.1) is 19.3 Å². The van der Waals surface area contributed by atoms with Crippen LogP contribution in [0.1, 0.15) is 45.6 Å². The molecule has 0 spiro atoms. The molecule has 0 saturated carbocycles. The summed E-state index contributed by atoms with van der Waals surface area (Å²) in [4.78, 5) is 13.8. The van der Waals surface area contributed by atoms with Gasteiger partial charge in [0.25, 0.3) is 0 Å². The lowest BCUT2D eigenvalue weighted by Crippen LogP contribution is -2.41. The predicted octanol–water partition coefficient (Wildman–Crippen LogP) is 3.60. The SMILES string of the molecule is CC(C)(C)OC(=O)N1CCC(C#CC[C@@H](O)COCc2ccccc2)CC1. The summed E-state index contributed by atoms with van der Waals surface area (Å²) in [6.45, 7) is 7.72. The number of aliphatic hydroxyl groups is 1. The molecular formula is C22H31NO4. The first kappa shape index (κ1) is 21.3. The monoisotopic (exact) mass is 373 g/mol. The zero-order chi connectivity index (χ0) is 19.7. The molecule has 1 heterocycles. The zero-order valence-electron chi connectivity index (χ0n) is 16.6. The van der Waals surface area contributed by atoms with E-state index in [-0.39, 0.29) is 18.6 Å². The maximum Gasteiger partial charge on any atom is 0.410 e. The van der Waals surface area contributed by atoms with Crippen molar-refractivity contribution in [2.24, 2.45) is 5.92 Å². The van der Waals surface area contributed by atoms with Gasteiger partial charge >= 0.3 is 6.09 Å². The number of carbonyl (C=O) groups excluding carboxylic acids is 1. The fourth-order valence-electron chi connectivity index (χ4n) is 2.80. The molecule has 1 aliphatic heterocycles. The predicted molar refractivity (Wildman–Crippen MR) is 105 cm³/mol. The molecule has 0 radical (unpaired) electrons. The first-order valence-corrected chi connectivity index (χ1v) is 9.59. The van der Waals surface area contributed by atoms with Crippen LogP contribution in [-0.4, -0.2) is 47.5 Å². The van der Waals surface area contributed by atoms with Crippen LogP contribution in [0.25, 0.3) is 0 Å². The Balaban J connectivity index is 1.63. The van der Waals surface area contributed by atoms with Gasteiger partial charge in [-0.2, -0.15) is 0 Å². The first-order chi connectivity index (χ1) is 12.8. The van der Waals surface area contributed by atoms with Crippen LogP contribution >= 0.6 is 0 Å². The summed E-state index contributed by atoms with van der Waals surface area (Å²) in [5, 5.41) is 9.98. The summed E-state index contributed by atoms with van der Waals surface area (Å²) in [5.74, 6) is 6.56. The highest BCUT2D eigenvalue weighted by Gasteiger charge is 2.26. The van der Waals surface area contributed by atoms with Crippen LogP contribution < -0.4 is 0 Å². The van der Waals surface area contributed by atoms with Gasteiger partial charge in [-0.05, 0) is 39.2 Å². The molecule has 5 nitrogen and oxygen atoms in total. The van der Waals surface area contributed by atoms with Crippen LogP contribution in [0.15, 0.2) is 30.3 Å². The number of rotatable bonds is 5. The smallest absolute Gasteiger partial charge is 0.410 e. The maximum atomic E-state index is 12.0. The lowest BCUT2D eigenvalue weighted by atomic mass is 9.97. The molecule has 1 aliphatic rings. The molecular weight excluding hydrogens is 342 g/mol. The Bertz CT molecular complexity index is 634. The van der Waals surface area contributed by atoms with Gasteiger partial charge in [0.2, 0.25) is 0 Å². The average Bonchev–Trinajstić information content (AvgIpc) is 2.62. The number of nitrogens with zero attached hydrogens (tertiary/aromatic N) is 1. The summed E-state index contributed by atoms with van der Waals surface area (Å²) in [6.07, 6.45) is 1.25. The molecule has 0 bridgehead atoms. The molecule has 1 aromatic carbocycles. The van der Waals surface area contributed by atoms with Crippen molar-refractivity contribution in [3.05, 3.63) is 35.9 Å². The molecule has 0 aromatic heterocycles. The highest BCUT2D eigenvalue weighted by Crippen LogP contribution is 2.19. The van der Waals surface area contributed by atoms with E-state index < -0.39 is 11.7 Å². The third kappa shape index (κ3) is 8.47. The number of aliphatic hydroxyl groups excluding tert-OH is 1. The number of benzene rings is 1. The van der Waals surface area contributed by atoms with Crippen LogP contribution in [0.4, 0.5) is 4.79 Å². The Kier molecular flexibility index (Phi) is 8.15. The zero-order valence-corrected chi connectivity index (χ0v) is 16.6. The fourth-order valence-corrected chi connectivity index (χ4v) is 2.80. The summed E-state index contributed by atoms with van der Waals surface area (Å²) < 4.78 is 10.9. The number of amides is 1. The van der Waals surface area contributed by atoms with E-state index in [1.165, 1.54) is 0 Å². The molecule has 1 atom stereocenters. The molecule has 5 heteroatoms. The molecule has 2 rings (SSSR count). The minimum Gasteiger partial charge on any atom is -0.444 e. The quantitative estimate of drug-likeness (QED) is 0.801. The normalized spacial score (nSPS) is 16.4. The van der Waals surface area contributed by atoms with Crippen molar-refractivity contribution in [3.8, 4) is 11.8 Å². The number of hydrogen-bond acceptors (Lipinski definition) is 4. The highest BCUT2D eigenvalue weighted by molar-refractivity contribution is 5.68. The first-order valence-electron chi connectivity index (χ1n) is 9.59. The molecule has 1 fully saturated rings. The van der Waals surface area contributed by atoms with Gasteiger partial charge in [0.1, 0.15) is 5.60 Å². The number of hydrogen-bond donors (Lipinski definition) is 1. The lowest BCUT2D eigenvalue weighted by molar-refractivity contribution is 0.0199. The van der Waals surface area contributed by atoms with E-state index in [0.29, 0.717) is 26.1 Å². The van der Waals surface area contributed by atoms with Crippen molar-refractivity contribution in [2.75, 3.05) is 19.7 Å². The Hall–Kier alpha value is -2.03. The van der Waals surface area contributed by atoms with Crippen molar-refractivity contribution < 1.29 is 19.4 Å². The van der Waals surface area contributed by atoms with Crippen molar-refractivity contribution in [3.63, 3.8) is 0 Å². The van der Waals surface area contributed by atoms with Gasteiger partial charge in [0.15, 0.2) is 0 Å². The van der Waals surface area contributed by atoms with Crippen molar-refractivity contribution in [1.29, 1.82) is 0 Å². The molecule has 148 valence electrons. The van der Waals surface area contributed by atoms with Gasteiger partial charge in [0, 0.05) is 25.4 Å². The topological polar surface area (TPSA) is 59.0 Å². The largest absolute Gasteiger partial charge is 0.444 e. The third-order valence-corrected chi connectivity index (χ3v) is 4.21. The highest BCUT2D eigenvalue weighted by atomic mass is 16.6. The molecule has 1 saturated heterocycles. The second-order valence-electron chi connectivity index (χ2n) is 7.92. The Morgan fingerprint density at radius 1 is 1.26 bits per heavy atom. The van der Waals surface area contributed by atoms with Crippen LogP contribution in [-0.2, 0) is 16.1 Å². The molecule has 0 unspecified atom stereocenters. The van der Waals surface area contributed by atoms with Gasteiger partial charge in [-0.15, -0.1) is 5.92 Å². The maximum absolute atomic E-state index is 12.0. The van der Waals surface area contributed by atoms with Gasteiger partial charge < -0.3 is 19.5 Å². The van der Waals surface area contributed by atoms with E-state index >= 15 is 0 Å². The molecule has 1 N–H and O–H groups in total. The van der Waals surface area contributed by atoms with Gasteiger partial charge in [-0.25, -0.2) is 4.79 Å². The van der Waals surface area contributed by atoms with E-state index in [1.807, 2.05) is 51.1 Å². The Labute approximate surface area is 162 Å². The number of likely N-dealkylation sites (tertiary alicyclic amines) is 1. The minimum atomic E-state index is -0.580. The summed E-state index contributed by atoms with van der Waals surface area (Å²) >= 11 is 0. The van der Waals surface area contributed by atoms with E-state index in [1.54, 1.807) is 4.90 Å². The Morgan fingerprint density at radius 3 is 2.56 bits per heavy atom. The fraction of sp³-hybridized carbons (Fsp3) is 0.591. The molecule has 0 aliphatic carbocycles. The number of ether oxygens (including phenoxy) is 2.